The molecule has 0 spiro atoms. The van der Waals surface area contributed by atoms with Crippen molar-refractivity contribution >= 4 is 11.9 Å². The first kappa shape index (κ1) is 20.0. The van der Waals surface area contributed by atoms with Crippen molar-refractivity contribution in [1.82, 2.24) is 5.32 Å². The normalized spacial score (nSPS) is 11.4. The monoisotopic (exact) mass is 395 g/mol. The average Bonchev–Trinajstić information content (AvgIpc) is 3.31. The Morgan fingerprint density at radius 2 is 1.55 bits per heavy atom. The highest BCUT2D eigenvalue weighted by Gasteiger charge is 2.26. The van der Waals surface area contributed by atoms with Crippen LogP contribution in [0, 0.1) is 0 Å². The van der Waals surface area contributed by atoms with Gasteiger partial charge < -0.3 is 23.9 Å². The lowest BCUT2D eigenvalue weighted by Crippen LogP contribution is -2.31. The van der Waals surface area contributed by atoms with Crippen molar-refractivity contribution < 1.29 is 28.2 Å². The lowest BCUT2D eigenvalue weighted by molar-refractivity contribution is -0.130. The molecule has 1 atom stereocenters. The van der Waals surface area contributed by atoms with E-state index in [1.165, 1.54) is 12.3 Å². The highest BCUT2D eigenvalue weighted by Crippen LogP contribution is 2.23. The maximum Gasteiger partial charge on any atom is 0.375 e. The van der Waals surface area contributed by atoms with Crippen LogP contribution in [0.2, 0.25) is 0 Å². The molecule has 0 radical (unpaired) electrons. The first-order valence-electron chi connectivity index (χ1n) is 8.90. The number of rotatable bonds is 8. The Balaban J connectivity index is 1.74. The summed E-state index contributed by atoms with van der Waals surface area (Å²) >= 11 is 0. The summed E-state index contributed by atoms with van der Waals surface area (Å²) in [6.45, 7) is 0.272. The average molecular weight is 395 g/mol. The molecule has 0 aliphatic heterocycles. The number of hydrogen-bond donors (Lipinski definition) is 1. The van der Waals surface area contributed by atoms with Gasteiger partial charge in [0.1, 0.15) is 11.5 Å². The molecule has 1 aromatic heterocycles. The number of nitrogens with one attached hydrogen (secondary N) is 1. The second-order valence-electron chi connectivity index (χ2n) is 6.10. The Kier molecular flexibility index (Phi) is 6.52. The van der Waals surface area contributed by atoms with E-state index in [1.807, 2.05) is 12.1 Å². The second kappa shape index (κ2) is 9.45. The van der Waals surface area contributed by atoms with E-state index < -0.39 is 18.0 Å². The Hall–Kier alpha value is -3.74. The molecule has 7 nitrogen and oxygen atoms in total. The van der Waals surface area contributed by atoms with Gasteiger partial charge in [0.05, 0.1) is 20.5 Å². The summed E-state index contributed by atoms with van der Waals surface area (Å²) in [6.07, 6.45) is 0.222. The van der Waals surface area contributed by atoms with Crippen molar-refractivity contribution in [3.05, 3.63) is 83.8 Å². The Morgan fingerprint density at radius 1 is 0.931 bits per heavy atom. The number of amides is 1. The maximum absolute atomic E-state index is 12.8. The van der Waals surface area contributed by atoms with Crippen LogP contribution in [-0.2, 0) is 16.1 Å². The van der Waals surface area contributed by atoms with Crippen LogP contribution >= 0.6 is 0 Å². The van der Waals surface area contributed by atoms with Gasteiger partial charge >= 0.3 is 5.97 Å². The van der Waals surface area contributed by atoms with Crippen LogP contribution in [0.15, 0.2) is 71.3 Å². The highest BCUT2D eigenvalue weighted by molar-refractivity contribution is 5.90. The van der Waals surface area contributed by atoms with Gasteiger partial charge in [0.25, 0.3) is 5.91 Å². The van der Waals surface area contributed by atoms with Crippen molar-refractivity contribution in [2.45, 2.75) is 12.6 Å². The minimum atomic E-state index is -1.14. The third-order valence-corrected chi connectivity index (χ3v) is 4.23. The van der Waals surface area contributed by atoms with Gasteiger partial charge in [-0.05, 0) is 42.0 Å². The molecule has 0 saturated carbocycles. The van der Waals surface area contributed by atoms with Gasteiger partial charge in [0, 0.05) is 12.1 Å². The summed E-state index contributed by atoms with van der Waals surface area (Å²) in [5.74, 6) is 0.194. The summed E-state index contributed by atoms with van der Waals surface area (Å²) in [5, 5.41) is 2.80. The third kappa shape index (κ3) is 5.16. The molecule has 0 unspecified atom stereocenters. The molecule has 1 amide bonds. The molecule has 0 aliphatic rings. The number of esters is 1. The minimum absolute atomic E-state index is 0.0199. The van der Waals surface area contributed by atoms with Crippen LogP contribution in [0.3, 0.4) is 0 Å². The summed E-state index contributed by atoms with van der Waals surface area (Å²) in [5.41, 5.74) is 1.39. The number of ether oxygens (including phenoxy) is 3. The van der Waals surface area contributed by atoms with Crippen LogP contribution in [0.1, 0.15) is 27.8 Å². The molecule has 3 rings (SSSR count). The van der Waals surface area contributed by atoms with Crippen molar-refractivity contribution in [1.29, 1.82) is 0 Å². The number of hydrogen-bond acceptors (Lipinski definition) is 6. The van der Waals surface area contributed by atoms with Crippen LogP contribution < -0.4 is 14.8 Å². The zero-order valence-electron chi connectivity index (χ0n) is 16.1. The van der Waals surface area contributed by atoms with Gasteiger partial charge in [-0.15, -0.1) is 0 Å². The van der Waals surface area contributed by atoms with E-state index in [1.54, 1.807) is 56.7 Å². The van der Waals surface area contributed by atoms with Crippen molar-refractivity contribution in [3.63, 3.8) is 0 Å². The number of benzene rings is 2. The quantitative estimate of drug-likeness (QED) is 0.588. The van der Waals surface area contributed by atoms with E-state index >= 15 is 0 Å². The molecule has 0 bridgehead atoms. The number of methoxy groups -OCH3 is 2. The van der Waals surface area contributed by atoms with Crippen molar-refractivity contribution in [3.8, 4) is 11.5 Å². The SMILES string of the molecule is COc1ccc(CNC(=O)[C@@H](OC(=O)c2ccco2)c2ccc(OC)cc2)cc1. The number of carbonyl (C=O) groups excluding carboxylic acids is 2. The zero-order chi connectivity index (χ0) is 20.6. The number of furan rings is 1. The smallest absolute Gasteiger partial charge is 0.375 e. The molecule has 29 heavy (non-hydrogen) atoms. The van der Waals surface area contributed by atoms with Gasteiger partial charge in [0.15, 0.2) is 0 Å². The molecule has 1 N–H and O–H groups in total. The topological polar surface area (TPSA) is 87.0 Å². The van der Waals surface area contributed by atoms with Gasteiger partial charge in [-0.2, -0.15) is 0 Å². The molecular weight excluding hydrogens is 374 g/mol. The van der Waals surface area contributed by atoms with E-state index in [4.69, 9.17) is 18.6 Å². The lowest BCUT2D eigenvalue weighted by atomic mass is 10.1. The van der Waals surface area contributed by atoms with Crippen LogP contribution in [0.25, 0.3) is 0 Å². The van der Waals surface area contributed by atoms with Crippen molar-refractivity contribution in [2.24, 2.45) is 0 Å². The largest absolute Gasteiger partial charge is 0.497 e. The third-order valence-electron chi connectivity index (χ3n) is 4.23. The fourth-order valence-corrected chi connectivity index (χ4v) is 2.64. The van der Waals surface area contributed by atoms with Gasteiger partial charge in [-0.25, -0.2) is 4.79 Å². The molecule has 0 saturated heterocycles. The van der Waals surface area contributed by atoms with Gasteiger partial charge in [0.2, 0.25) is 11.9 Å². The summed E-state index contributed by atoms with van der Waals surface area (Å²) < 4.78 is 20.8. The maximum atomic E-state index is 12.8. The van der Waals surface area contributed by atoms with Crippen LogP contribution in [-0.4, -0.2) is 26.1 Å². The van der Waals surface area contributed by atoms with E-state index in [-0.39, 0.29) is 12.3 Å². The van der Waals surface area contributed by atoms with E-state index in [2.05, 4.69) is 5.32 Å². The molecule has 2 aromatic carbocycles. The molecule has 0 fully saturated rings. The number of carbonyl (C=O) groups is 2. The standard InChI is InChI=1S/C22H21NO6/c1-26-17-9-5-15(6-10-17)14-23-21(24)20(16-7-11-18(27-2)12-8-16)29-22(25)19-4-3-13-28-19/h3-13,20H,14H2,1-2H3,(H,23,24)/t20-/m0/s1. The first-order valence-corrected chi connectivity index (χ1v) is 8.90. The van der Waals surface area contributed by atoms with Crippen LogP contribution in [0.5, 0.6) is 11.5 Å². The fourth-order valence-electron chi connectivity index (χ4n) is 2.64. The highest BCUT2D eigenvalue weighted by atomic mass is 16.6. The Morgan fingerprint density at radius 3 is 2.10 bits per heavy atom. The summed E-state index contributed by atoms with van der Waals surface area (Å²) in [6, 6.07) is 17.1. The second-order valence-corrected chi connectivity index (χ2v) is 6.10. The van der Waals surface area contributed by atoms with Gasteiger partial charge in [-0.3, -0.25) is 4.79 Å². The Labute approximate surface area is 168 Å². The summed E-state index contributed by atoms with van der Waals surface area (Å²) in [4.78, 5) is 25.2. The Bertz CT molecular complexity index is 932. The predicted molar refractivity (Wildman–Crippen MR) is 105 cm³/mol. The van der Waals surface area contributed by atoms with E-state index in [9.17, 15) is 9.59 Å². The van der Waals surface area contributed by atoms with Crippen molar-refractivity contribution in [2.75, 3.05) is 14.2 Å². The molecule has 150 valence electrons. The molecule has 0 aliphatic carbocycles. The molecular formula is C22H21NO6. The fraction of sp³-hybridized carbons (Fsp3) is 0.182. The minimum Gasteiger partial charge on any atom is -0.497 e. The lowest BCUT2D eigenvalue weighted by Gasteiger charge is -2.18. The van der Waals surface area contributed by atoms with E-state index in [0.717, 1.165) is 11.3 Å². The predicted octanol–water partition coefficient (Wildman–Crippen LogP) is 3.51. The summed E-state index contributed by atoms with van der Waals surface area (Å²) in [7, 11) is 3.13. The first-order chi connectivity index (χ1) is 14.1. The van der Waals surface area contributed by atoms with Gasteiger partial charge in [-0.1, -0.05) is 24.3 Å². The molecule has 3 aromatic rings. The molecule has 7 heteroatoms. The van der Waals surface area contributed by atoms with E-state index in [0.29, 0.717) is 11.3 Å². The molecule has 1 heterocycles. The van der Waals surface area contributed by atoms with Crippen LogP contribution in [0.4, 0.5) is 0 Å². The zero-order valence-corrected chi connectivity index (χ0v) is 16.1.